The van der Waals surface area contributed by atoms with Gasteiger partial charge in [0.15, 0.2) is 11.5 Å². The zero-order valence-corrected chi connectivity index (χ0v) is 10.2. The van der Waals surface area contributed by atoms with Crippen LogP contribution in [0.1, 0.15) is 24.4 Å². The summed E-state index contributed by atoms with van der Waals surface area (Å²) in [6, 6.07) is 8.11. The molecule has 1 unspecified atom stereocenters. The highest BCUT2D eigenvalue weighted by atomic mass is 15.3. The van der Waals surface area contributed by atoms with Crippen LogP contribution in [-0.2, 0) is 6.54 Å². The predicted octanol–water partition coefficient (Wildman–Crippen LogP) is 1.91. The fraction of sp³-hybridized carbons (Fsp3) is 0.231. The van der Waals surface area contributed by atoms with Gasteiger partial charge in [0, 0.05) is 25.1 Å². The number of pyridine rings is 1. The van der Waals surface area contributed by atoms with Crippen molar-refractivity contribution in [3.05, 3.63) is 54.2 Å². The smallest absolute Gasteiger partial charge is 0.160 e. The van der Waals surface area contributed by atoms with Crippen molar-refractivity contribution in [1.82, 2.24) is 24.9 Å². The zero-order chi connectivity index (χ0) is 12.4. The minimum absolute atomic E-state index is 0.150. The molecule has 0 fully saturated rings. The second-order valence-electron chi connectivity index (χ2n) is 4.31. The lowest BCUT2D eigenvalue weighted by molar-refractivity contribution is 0.542. The maximum absolute atomic E-state index is 4.24. The first kappa shape index (κ1) is 11.0. The van der Waals surface area contributed by atoms with Gasteiger partial charge in [-0.2, -0.15) is 0 Å². The molecule has 0 aromatic carbocycles. The number of hydrogen-bond acceptors (Lipinski definition) is 3. The second kappa shape index (κ2) is 4.62. The maximum atomic E-state index is 4.24. The van der Waals surface area contributed by atoms with Crippen LogP contribution in [0.2, 0.25) is 0 Å². The Bertz CT molecular complexity index is 626. The number of fused-ring (bicyclic) bond motifs is 1. The largest absolute Gasteiger partial charge is 0.367 e. The standard InChI is InChI=1S/C13H15N5/c1-10(15-9-11-5-6-14-8-11)13-17-16-12-4-2-3-7-18(12)13/h2-8,10,14-15H,9H2,1H3. The average Bonchev–Trinajstić information content (AvgIpc) is 3.05. The summed E-state index contributed by atoms with van der Waals surface area (Å²) in [4.78, 5) is 3.04. The Morgan fingerprint density at radius 3 is 3.11 bits per heavy atom. The van der Waals surface area contributed by atoms with Crippen LogP contribution in [0.3, 0.4) is 0 Å². The topological polar surface area (TPSA) is 58.0 Å². The van der Waals surface area contributed by atoms with Gasteiger partial charge >= 0.3 is 0 Å². The fourth-order valence-corrected chi connectivity index (χ4v) is 1.99. The minimum Gasteiger partial charge on any atom is -0.367 e. The van der Waals surface area contributed by atoms with E-state index < -0.39 is 0 Å². The molecule has 0 saturated heterocycles. The van der Waals surface area contributed by atoms with Gasteiger partial charge in [0.1, 0.15) is 0 Å². The molecule has 0 radical (unpaired) electrons. The lowest BCUT2D eigenvalue weighted by Gasteiger charge is -2.11. The molecule has 92 valence electrons. The van der Waals surface area contributed by atoms with E-state index in [9.17, 15) is 0 Å². The summed E-state index contributed by atoms with van der Waals surface area (Å²) in [7, 11) is 0. The number of H-pyrrole nitrogens is 1. The van der Waals surface area contributed by atoms with Crippen LogP contribution in [0, 0.1) is 0 Å². The van der Waals surface area contributed by atoms with Gasteiger partial charge in [-0.15, -0.1) is 10.2 Å². The third kappa shape index (κ3) is 2.00. The third-order valence-corrected chi connectivity index (χ3v) is 3.00. The summed E-state index contributed by atoms with van der Waals surface area (Å²) in [5.74, 6) is 0.932. The molecule has 3 heterocycles. The number of nitrogens with zero attached hydrogens (tertiary/aromatic N) is 3. The van der Waals surface area contributed by atoms with Crippen LogP contribution >= 0.6 is 0 Å². The van der Waals surface area contributed by atoms with E-state index in [2.05, 4.69) is 33.5 Å². The van der Waals surface area contributed by atoms with E-state index in [1.54, 1.807) is 0 Å². The van der Waals surface area contributed by atoms with E-state index in [-0.39, 0.29) is 6.04 Å². The van der Waals surface area contributed by atoms with Crippen molar-refractivity contribution in [1.29, 1.82) is 0 Å². The van der Waals surface area contributed by atoms with Gasteiger partial charge in [-0.25, -0.2) is 0 Å². The molecule has 3 rings (SSSR count). The Labute approximate surface area is 105 Å². The van der Waals surface area contributed by atoms with E-state index in [4.69, 9.17) is 0 Å². The van der Waals surface area contributed by atoms with Gasteiger partial charge < -0.3 is 10.3 Å². The number of rotatable bonds is 4. The molecular formula is C13H15N5. The summed E-state index contributed by atoms with van der Waals surface area (Å²) in [5, 5.41) is 11.8. The summed E-state index contributed by atoms with van der Waals surface area (Å²) in [6.07, 6.45) is 5.90. The van der Waals surface area contributed by atoms with Crippen molar-refractivity contribution < 1.29 is 0 Å². The molecule has 0 aliphatic carbocycles. The van der Waals surface area contributed by atoms with E-state index in [1.807, 2.05) is 41.2 Å². The Hall–Kier alpha value is -2.14. The lowest BCUT2D eigenvalue weighted by atomic mass is 10.2. The molecule has 3 aromatic rings. The molecule has 3 aromatic heterocycles. The van der Waals surface area contributed by atoms with Crippen molar-refractivity contribution in [2.24, 2.45) is 0 Å². The first-order valence-corrected chi connectivity index (χ1v) is 5.99. The molecule has 0 spiro atoms. The quantitative estimate of drug-likeness (QED) is 0.733. The van der Waals surface area contributed by atoms with E-state index >= 15 is 0 Å². The van der Waals surface area contributed by atoms with Gasteiger partial charge in [-0.3, -0.25) is 4.40 Å². The third-order valence-electron chi connectivity index (χ3n) is 3.00. The first-order chi connectivity index (χ1) is 8.84. The molecule has 0 amide bonds. The zero-order valence-electron chi connectivity index (χ0n) is 10.2. The van der Waals surface area contributed by atoms with Gasteiger partial charge in [0.25, 0.3) is 0 Å². The minimum atomic E-state index is 0.150. The van der Waals surface area contributed by atoms with Gasteiger partial charge in [0.2, 0.25) is 0 Å². The van der Waals surface area contributed by atoms with E-state index in [0.29, 0.717) is 0 Å². The van der Waals surface area contributed by atoms with Crippen molar-refractivity contribution in [3.8, 4) is 0 Å². The van der Waals surface area contributed by atoms with Gasteiger partial charge in [-0.1, -0.05) is 6.07 Å². The normalized spacial score (nSPS) is 12.9. The van der Waals surface area contributed by atoms with Crippen LogP contribution in [0.5, 0.6) is 0 Å². The molecule has 0 saturated carbocycles. The number of aromatic amines is 1. The van der Waals surface area contributed by atoms with Crippen molar-refractivity contribution in [3.63, 3.8) is 0 Å². The summed E-state index contributed by atoms with van der Waals surface area (Å²) >= 11 is 0. The molecule has 2 N–H and O–H groups in total. The van der Waals surface area contributed by atoms with Crippen LogP contribution in [-0.4, -0.2) is 19.6 Å². The molecule has 1 atom stereocenters. The summed E-state index contributed by atoms with van der Waals surface area (Å²) in [5.41, 5.74) is 2.11. The van der Waals surface area contributed by atoms with E-state index in [1.165, 1.54) is 5.56 Å². The SMILES string of the molecule is CC(NCc1cc[nH]c1)c1nnc2ccccn12. The maximum Gasteiger partial charge on any atom is 0.160 e. The van der Waals surface area contributed by atoms with Crippen LogP contribution < -0.4 is 5.32 Å². The predicted molar refractivity (Wildman–Crippen MR) is 69.0 cm³/mol. The number of nitrogens with one attached hydrogen (secondary N) is 2. The Balaban J connectivity index is 1.77. The van der Waals surface area contributed by atoms with E-state index in [0.717, 1.165) is 18.0 Å². The molecule has 5 nitrogen and oxygen atoms in total. The van der Waals surface area contributed by atoms with Crippen LogP contribution in [0.15, 0.2) is 42.9 Å². The molecule has 5 heteroatoms. The molecule has 0 bridgehead atoms. The van der Waals surface area contributed by atoms with Crippen molar-refractivity contribution in [2.45, 2.75) is 19.5 Å². The molecular weight excluding hydrogens is 226 g/mol. The summed E-state index contributed by atoms with van der Waals surface area (Å²) < 4.78 is 2.01. The molecule has 0 aliphatic rings. The second-order valence-corrected chi connectivity index (χ2v) is 4.31. The Morgan fingerprint density at radius 1 is 1.33 bits per heavy atom. The van der Waals surface area contributed by atoms with Crippen LogP contribution in [0.4, 0.5) is 0 Å². The van der Waals surface area contributed by atoms with Crippen LogP contribution in [0.25, 0.3) is 5.65 Å². The number of hydrogen-bond donors (Lipinski definition) is 2. The highest BCUT2D eigenvalue weighted by molar-refractivity contribution is 5.37. The monoisotopic (exact) mass is 241 g/mol. The average molecular weight is 241 g/mol. The van der Waals surface area contributed by atoms with Gasteiger partial charge in [0.05, 0.1) is 6.04 Å². The van der Waals surface area contributed by atoms with Gasteiger partial charge in [-0.05, 0) is 30.7 Å². The molecule has 18 heavy (non-hydrogen) atoms. The highest BCUT2D eigenvalue weighted by Crippen LogP contribution is 2.12. The lowest BCUT2D eigenvalue weighted by Crippen LogP contribution is -2.20. The number of aromatic nitrogens is 4. The molecule has 0 aliphatic heterocycles. The Morgan fingerprint density at radius 2 is 2.28 bits per heavy atom. The fourth-order valence-electron chi connectivity index (χ4n) is 1.99. The van der Waals surface area contributed by atoms with Crippen molar-refractivity contribution >= 4 is 5.65 Å². The highest BCUT2D eigenvalue weighted by Gasteiger charge is 2.12. The Kier molecular flexibility index (Phi) is 2.82. The summed E-state index contributed by atoms with van der Waals surface area (Å²) in [6.45, 7) is 2.91. The first-order valence-electron chi connectivity index (χ1n) is 5.99. The van der Waals surface area contributed by atoms with Crippen molar-refractivity contribution in [2.75, 3.05) is 0 Å².